The third-order valence-corrected chi connectivity index (χ3v) is 4.70. The molecule has 40 heavy (non-hydrogen) atoms. The van der Waals surface area contributed by atoms with Crippen molar-refractivity contribution < 1.29 is 61.9 Å². The Morgan fingerprint density at radius 3 is 0.550 bits per heavy atom. The van der Waals surface area contributed by atoms with Gasteiger partial charge < -0.3 is 61.9 Å². The van der Waals surface area contributed by atoms with Crippen LogP contribution in [0.2, 0.25) is 0 Å². The summed E-state index contributed by atoms with van der Waals surface area (Å²) in [7, 11) is 0. The average molecular weight is 609 g/mol. The molecule has 242 valence electrons. The van der Waals surface area contributed by atoms with E-state index >= 15 is 0 Å². The maximum atomic E-state index is 8.56. The molecule has 0 radical (unpaired) electrons. The second kappa shape index (κ2) is 38.8. The molecule has 0 heterocycles. The number of alkyl halides is 1. The zero-order chi connectivity index (χ0) is 28.9. The first-order valence-corrected chi connectivity index (χ1v) is 14.5. The Morgan fingerprint density at radius 1 is 0.250 bits per heavy atom. The predicted octanol–water partition coefficient (Wildman–Crippen LogP) is 0.417. The smallest absolute Gasteiger partial charge is 0.0701 e. The van der Waals surface area contributed by atoms with Gasteiger partial charge >= 0.3 is 0 Å². The lowest BCUT2D eigenvalue weighted by Gasteiger charge is -2.09. The number of hydrogen-bond donors (Lipinski definition) is 1. The van der Waals surface area contributed by atoms with Crippen LogP contribution in [0.15, 0.2) is 0 Å². The minimum atomic E-state index is 0.0255. The summed E-state index contributed by atoms with van der Waals surface area (Å²) in [6.45, 7) is 12.1. The molecule has 0 aromatic heterocycles. The standard InChI is InChI=1S/C26H53ClO13/c27-1-3-29-5-7-31-9-11-33-13-15-35-17-19-37-21-23-39-25-26-40-24-22-38-20-18-36-16-14-34-12-10-32-8-6-30-4-2-28/h28H,1-26H2. The van der Waals surface area contributed by atoms with E-state index in [4.69, 9.17) is 73.5 Å². The van der Waals surface area contributed by atoms with Crippen LogP contribution < -0.4 is 0 Å². The highest BCUT2D eigenvalue weighted by atomic mass is 35.5. The van der Waals surface area contributed by atoms with Crippen molar-refractivity contribution in [3.63, 3.8) is 0 Å². The minimum absolute atomic E-state index is 0.0255. The minimum Gasteiger partial charge on any atom is -0.394 e. The summed E-state index contributed by atoms with van der Waals surface area (Å²) >= 11 is 5.50. The van der Waals surface area contributed by atoms with Gasteiger partial charge in [-0.25, -0.2) is 0 Å². The van der Waals surface area contributed by atoms with Crippen molar-refractivity contribution in [2.45, 2.75) is 0 Å². The van der Waals surface area contributed by atoms with Crippen molar-refractivity contribution in [2.24, 2.45) is 0 Å². The van der Waals surface area contributed by atoms with Crippen LogP contribution in [0.25, 0.3) is 0 Å². The molecule has 0 atom stereocenters. The van der Waals surface area contributed by atoms with Gasteiger partial charge in [0.1, 0.15) is 0 Å². The van der Waals surface area contributed by atoms with Crippen molar-refractivity contribution in [2.75, 3.05) is 171 Å². The molecule has 14 heteroatoms. The lowest BCUT2D eigenvalue weighted by Crippen LogP contribution is -2.15. The molecule has 0 rings (SSSR count). The van der Waals surface area contributed by atoms with Crippen LogP contribution in [-0.2, 0) is 56.8 Å². The summed E-state index contributed by atoms with van der Waals surface area (Å²) in [5.41, 5.74) is 0. The van der Waals surface area contributed by atoms with Crippen molar-refractivity contribution in [1.29, 1.82) is 0 Å². The maximum Gasteiger partial charge on any atom is 0.0701 e. The molecule has 0 aliphatic carbocycles. The summed E-state index contributed by atoms with van der Waals surface area (Å²) in [4.78, 5) is 0. The van der Waals surface area contributed by atoms with Gasteiger partial charge in [0.2, 0.25) is 0 Å². The van der Waals surface area contributed by atoms with Crippen LogP contribution in [0, 0.1) is 0 Å². The van der Waals surface area contributed by atoms with Crippen molar-refractivity contribution in [1.82, 2.24) is 0 Å². The fraction of sp³-hybridized carbons (Fsp3) is 1.00. The van der Waals surface area contributed by atoms with Gasteiger partial charge in [0.15, 0.2) is 0 Å². The van der Waals surface area contributed by atoms with Crippen LogP contribution in [0.5, 0.6) is 0 Å². The molecule has 0 bridgehead atoms. The monoisotopic (exact) mass is 608 g/mol. The second-order valence-corrected chi connectivity index (χ2v) is 8.14. The van der Waals surface area contributed by atoms with E-state index in [1.165, 1.54) is 0 Å². The molecule has 0 aromatic rings. The summed E-state index contributed by atoms with van der Waals surface area (Å²) < 4.78 is 64.4. The number of halogens is 1. The van der Waals surface area contributed by atoms with Gasteiger partial charge in [0.25, 0.3) is 0 Å². The Morgan fingerprint density at radius 2 is 0.400 bits per heavy atom. The lowest BCUT2D eigenvalue weighted by atomic mass is 10.6. The van der Waals surface area contributed by atoms with Gasteiger partial charge in [-0.15, -0.1) is 11.6 Å². The van der Waals surface area contributed by atoms with Crippen molar-refractivity contribution >= 4 is 11.6 Å². The molecule has 0 saturated carbocycles. The molecule has 0 aromatic carbocycles. The van der Waals surface area contributed by atoms with Crippen LogP contribution in [0.3, 0.4) is 0 Å². The van der Waals surface area contributed by atoms with Gasteiger partial charge in [-0.3, -0.25) is 0 Å². The number of rotatable bonds is 37. The fourth-order valence-corrected chi connectivity index (χ4v) is 2.75. The molecular weight excluding hydrogens is 556 g/mol. The molecule has 0 fully saturated rings. The van der Waals surface area contributed by atoms with E-state index in [0.29, 0.717) is 164 Å². The number of aliphatic hydroxyl groups excluding tert-OH is 1. The van der Waals surface area contributed by atoms with E-state index in [2.05, 4.69) is 0 Å². The predicted molar refractivity (Wildman–Crippen MR) is 148 cm³/mol. The Hall–Kier alpha value is -0.230. The topological polar surface area (TPSA) is 131 Å². The molecule has 0 unspecified atom stereocenters. The highest BCUT2D eigenvalue weighted by Gasteiger charge is 1.96. The normalized spacial score (nSPS) is 11.6. The van der Waals surface area contributed by atoms with Gasteiger partial charge in [-0.2, -0.15) is 0 Å². The van der Waals surface area contributed by atoms with Gasteiger partial charge in [0, 0.05) is 5.88 Å². The molecule has 0 spiro atoms. The zero-order valence-corrected chi connectivity index (χ0v) is 24.9. The Bertz CT molecular complexity index is 403. The summed E-state index contributed by atoms with van der Waals surface area (Å²) in [5, 5.41) is 8.56. The number of aliphatic hydroxyl groups is 1. The van der Waals surface area contributed by atoms with Gasteiger partial charge in [-0.05, 0) is 0 Å². The van der Waals surface area contributed by atoms with E-state index in [9.17, 15) is 0 Å². The molecule has 0 amide bonds. The first-order chi connectivity index (χ1) is 19.9. The van der Waals surface area contributed by atoms with Crippen LogP contribution >= 0.6 is 11.6 Å². The number of ether oxygens (including phenoxy) is 12. The van der Waals surface area contributed by atoms with E-state index < -0.39 is 0 Å². The molecular formula is C26H53ClO13. The van der Waals surface area contributed by atoms with E-state index in [1.54, 1.807) is 0 Å². The first kappa shape index (κ1) is 39.8. The summed E-state index contributed by atoms with van der Waals surface area (Å²) in [6.07, 6.45) is 0. The quantitative estimate of drug-likeness (QED) is 0.0772. The van der Waals surface area contributed by atoms with Crippen molar-refractivity contribution in [3.8, 4) is 0 Å². The molecule has 13 nitrogen and oxygen atoms in total. The van der Waals surface area contributed by atoms with Crippen molar-refractivity contribution in [3.05, 3.63) is 0 Å². The molecule has 0 aliphatic rings. The third-order valence-electron chi connectivity index (χ3n) is 4.55. The Balaban J connectivity index is 3.01. The highest BCUT2D eigenvalue weighted by Crippen LogP contribution is 1.87. The molecule has 1 N–H and O–H groups in total. The van der Waals surface area contributed by atoms with Crippen LogP contribution in [0.4, 0.5) is 0 Å². The second-order valence-electron chi connectivity index (χ2n) is 7.76. The number of hydrogen-bond acceptors (Lipinski definition) is 13. The van der Waals surface area contributed by atoms with E-state index in [-0.39, 0.29) is 6.61 Å². The summed E-state index contributed by atoms with van der Waals surface area (Å²) in [5.74, 6) is 0.496. The molecule has 0 saturated heterocycles. The largest absolute Gasteiger partial charge is 0.394 e. The summed E-state index contributed by atoms with van der Waals surface area (Å²) in [6, 6.07) is 0. The zero-order valence-electron chi connectivity index (χ0n) is 24.1. The van der Waals surface area contributed by atoms with E-state index in [1.807, 2.05) is 0 Å². The maximum absolute atomic E-state index is 8.56. The SMILES string of the molecule is OCCOCCOCCOCCOCCOCCOCCOCCOCCOCCOCCOCCOCCCl. The fourth-order valence-electron chi connectivity index (χ4n) is 2.64. The average Bonchev–Trinajstić information content (AvgIpc) is 2.97. The van der Waals surface area contributed by atoms with Crippen LogP contribution in [0.1, 0.15) is 0 Å². The Kier molecular flexibility index (Phi) is 38.5. The van der Waals surface area contributed by atoms with Crippen LogP contribution in [-0.4, -0.2) is 176 Å². The van der Waals surface area contributed by atoms with Gasteiger partial charge in [-0.1, -0.05) is 0 Å². The third kappa shape index (κ3) is 37.8. The van der Waals surface area contributed by atoms with Gasteiger partial charge in [0.05, 0.1) is 165 Å². The molecule has 0 aliphatic heterocycles. The lowest BCUT2D eigenvalue weighted by molar-refractivity contribution is -0.0285. The van der Waals surface area contributed by atoms with E-state index in [0.717, 1.165) is 0 Å². The first-order valence-electron chi connectivity index (χ1n) is 14.0. The Labute approximate surface area is 244 Å². The highest BCUT2D eigenvalue weighted by molar-refractivity contribution is 6.17.